The SMILES string of the molecule is Br.F.F[C@H]1CCCO[C@@]12CN=C(c1ccc(I)cc1)O2.N.O.O=O. The Bertz CT molecular complexity index is 512. The lowest BCUT2D eigenvalue weighted by molar-refractivity contribution is -0.232. The molecule has 1 saturated heterocycles. The van der Waals surface area contributed by atoms with Crippen LogP contribution in [0.4, 0.5) is 9.09 Å². The molecular formula is C13H20BrF2IN2O5. The third-order valence-electron chi connectivity index (χ3n) is 3.23. The van der Waals surface area contributed by atoms with Gasteiger partial charge in [-0.3, -0.25) is 4.70 Å². The van der Waals surface area contributed by atoms with Gasteiger partial charge in [0.2, 0.25) is 5.90 Å². The summed E-state index contributed by atoms with van der Waals surface area (Å²) in [6.07, 6.45) is 0.122. The standard InChI is InChI=1S/C13H13FINO2.BrH.FH.H3N.O2.H2O/c14-11-2-1-7-17-13(11)8-16-12(18-13)9-3-5-10(15)6-4-9;;;;1-2;/h3-6,11H,1-2,7-8H2;2*1H;1H3;;1H2/t11-,13+;;;;;/m0...../s1. The van der Waals surface area contributed by atoms with E-state index < -0.39 is 12.0 Å². The molecule has 1 aromatic carbocycles. The average molecular weight is 529 g/mol. The normalized spacial score (nSPS) is 23.6. The molecule has 0 amide bonds. The van der Waals surface area contributed by atoms with Crippen molar-refractivity contribution in [3.05, 3.63) is 43.3 Å². The van der Waals surface area contributed by atoms with Crippen LogP contribution in [0, 0.1) is 13.5 Å². The second kappa shape index (κ2) is 12.6. The minimum Gasteiger partial charge on any atom is -0.440 e. The van der Waals surface area contributed by atoms with E-state index >= 15 is 0 Å². The third kappa shape index (κ3) is 5.95. The van der Waals surface area contributed by atoms with Crippen molar-refractivity contribution in [3.8, 4) is 0 Å². The Morgan fingerprint density at radius 3 is 2.38 bits per heavy atom. The Hall–Kier alpha value is -0.760. The molecule has 7 nitrogen and oxygen atoms in total. The van der Waals surface area contributed by atoms with Crippen molar-refractivity contribution >= 4 is 45.5 Å². The molecule has 0 aliphatic carbocycles. The first-order valence-corrected chi connectivity index (χ1v) is 7.22. The van der Waals surface area contributed by atoms with Crippen LogP contribution < -0.4 is 6.15 Å². The highest BCUT2D eigenvalue weighted by atomic mass is 127. The lowest BCUT2D eigenvalue weighted by Gasteiger charge is -2.35. The average Bonchev–Trinajstić information content (AvgIpc) is 2.91. The molecule has 0 aromatic heterocycles. The lowest BCUT2D eigenvalue weighted by atomic mass is 10.0. The van der Waals surface area contributed by atoms with Gasteiger partial charge < -0.3 is 21.1 Å². The predicted molar refractivity (Wildman–Crippen MR) is 103 cm³/mol. The van der Waals surface area contributed by atoms with E-state index in [9.17, 15) is 4.39 Å². The number of benzene rings is 1. The zero-order chi connectivity index (χ0) is 14.6. The van der Waals surface area contributed by atoms with Crippen LogP contribution in [0.3, 0.4) is 0 Å². The molecule has 24 heavy (non-hydrogen) atoms. The minimum absolute atomic E-state index is 0. The van der Waals surface area contributed by atoms with Crippen LogP contribution in [0.25, 0.3) is 0 Å². The number of hydrogen-bond donors (Lipinski definition) is 1. The number of rotatable bonds is 1. The van der Waals surface area contributed by atoms with Crippen LogP contribution in [-0.2, 0) is 9.47 Å². The van der Waals surface area contributed by atoms with Crippen LogP contribution in [0.1, 0.15) is 18.4 Å². The second-order valence-electron chi connectivity index (χ2n) is 4.50. The van der Waals surface area contributed by atoms with E-state index in [-0.39, 0.29) is 39.9 Å². The van der Waals surface area contributed by atoms with E-state index in [2.05, 4.69) is 27.6 Å². The molecule has 2 aliphatic heterocycles. The summed E-state index contributed by atoms with van der Waals surface area (Å²) in [5.74, 6) is -0.688. The first kappa shape index (κ1) is 28.1. The predicted octanol–water partition coefficient (Wildman–Crippen LogP) is 3.05. The summed E-state index contributed by atoms with van der Waals surface area (Å²) in [6.45, 7) is 0.783. The monoisotopic (exact) mass is 528 g/mol. The van der Waals surface area contributed by atoms with Crippen molar-refractivity contribution in [2.24, 2.45) is 4.99 Å². The molecule has 2 aliphatic rings. The summed E-state index contributed by atoms with van der Waals surface area (Å²) < 4.78 is 26.3. The van der Waals surface area contributed by atoms with Gasteiger partial charge >= 0.3 is 0 Å². The van der Waals surface area contributed by atoms with Crippen molar-refractivity contribution in [1.82, 2.24) is 6.15 Å². The highest BCUT2D eigenvalue weighted by Gasteiger charge is 2.49. The molecule has 1 fully saturated rings. The maximum absolute atomic E-state index is 14.0. The van der Waals surface area contributed by atoms with Crippen molar-refractivity contribution < 1.29 is 24.0 Å². The topological polar surface area (TPSA) is 131 Å². The van der Waals surface area contributed by atoms with Crippen molar-refractivity contribution in [3.63, 3.8) is 0 Å². The van der Waals surface area contributed by atoms with Gasteiger partial charge in [0.25, 0.3) is 5.79 Å². The fourth-order valence-electron chi connectivity index (χ4n) is 2.21. The molecule has 0 bridgehead atoms. The smallest absolute Gasteiger partial charge is 0.263 e. The van der Waals surface area contributed by atoms with Gasteiger partial charge in [-0.2, -0.15) is 0 Å². The van der Waals surface area contributed by atoms with Crippen molar-refractivity contribution in [2.45, 2.75) is 24.8 Å². The van der Waals surface area contributed by atoms with E-state index in [1.807, 2.05) is 24.3 Å². The van der Waals surface area contributed by atoms with Crippen LogP contribution in [-0.4, -0.2) is 36.5 Å². The lowest BCUT2D eigenvalue weighted by Crippen LogP contribution is -2.49. The summed E-state index contributed by atoms with van der Waals surface area (Å²) in [7, 11) is 0. The van der Waals surface area contributed by atoms with E-state index in [1.165, 1.54) is 0 Å². The molecule has 1 spiro atoms. The van der Waals surface area contributed by atoms with E-state index in [0.29, 0.717) is 18.9 Å². The van der Waals surface area contributed by atoms with Gasteiger partial charge in [-0.1, -0.05) is 0 Å². The van der Waals surface area contributed by atoms with Crippen LogP contribution >= 0.6 is 39.6 Å². The summed E-state index contributed by atoms with van der Waals surface area (Å²) in [5, 5.41) is 0. The summed E-state index contributed by atoms with van der Waals surface area (Å²) in [6, 6.07) is 7.80. The largest absolute Gasteiger partial charge is 0.440 e. The first-order valence-electron chi connectivity index (χ1n) is 6.14. The minimum atomic E-state index is -1.17. The number of ether oxygens (including phenoxy) is 2. The molecule has 11 heteroatoms. The number of nitrogens with zero attached hydrogens (tertiary/aromatic N) is 1. The fraction of sp³-hybridized carbons (Fsp3) is 0.462. The molecule has 5 N–H and O–H groups in total. The summed E-state index contributed by atoms with van der Waals surface area (Å²) in [5.41, 5.74) is 0.869. The van der Waals surface area contributed by atoms with Crippen LogP contribution in [0.2, 0.25) is 0 Å². The van der Waals surface area contributed by atoms with E-state index in [1.54, 1.807) is 0 Å². The Morgan fingerprint density at radius 1 is 1.25 bits per heavy atom. The molecule has 2 heterocycles. The molecule has 140 valence electrons. The van der Waals surface area contributed by atoms with E-state index in [0.717, 1.165) is 15.6 Å². The van der Waals surface area contributed by atoms with Crippen molar-refractivity contribution in [1.29, 1.82) is 0 Å². The molecule has 2 atom stereocenters. The summed E-state index contributed by atoms with van der Waals surface area (Å²) >= 11 is 2.23. The molecular weight excluding hydrogens is 509 g/mol. The van der Waals surface area contributed by atoms with Gasteiger partial charge in [-0.15, -0.1) is 17.0 Å². The summed E-state index contributed by atoms with van der Waals surface area (Å²) in [4.78, 5) is 18.3. The Kier molecular flexibility index (Phi) is 14.7. The first-order chi connectivity index (χ1) is 9.70. The fourth-order valence-corrected chi connectivity index (χ4v) is 2.57. The molecule has 1 aromatic rings. The second-order valence-corrected chi connectivity index (χ2v) is 5.75. The van der Waals surface area contributed by atoms with Gasteiger partial charge in [0.15, 0.2) is 6.17 Å². The number of hydrogen-bond acceptors (Lipinski definition) is 6. The maximum atomic E-state index is 14.0. The van der Waals surface area contributed by atoms with Gasteiger partial charge in [0.05, 0.1) is 6.61 Å². The highest BCUT2D eigenvalue weighted by molar-refractivity contribution is 14.1. The van der Waals surface area contributed by atoms with Gasteiger partial charge in [0.1, 0.15) is 6.54 Å². The van der Waals surface area contributed by atoms with Gasteiger partial charge in [-0.05, 0) is 59.7 Å². The quantitative estimate of drug-likeness (QED) is 0.559. The maximum Gasteiger partial charge on any atom is 0.263 e. The highest BCUT2D eigenvalue weighted by Crippen LogP contribution is 2.34. The molecule has 0 unspecified atom stereocenters. The van der Waals surface area contributed by atoms with Gasteiger partial charge in [0, 0.05) is 19.1 Å². The Balaban J connectivity index is -0.000000710. The Labute approximate surface area is 161 Å². The number of alkyl halides is 1. The number of halogens is 4. The molecule has 0 radical (unpaired) electrons. The third-order valence-corrected chi connectivity index (χ3v) is 3.95. The van der Waals surface area contributed by atoms with Crippen molar-refractivity contribution in [2.75, 3.05) is 13.2 Å². The van der Waals surface area contributed by atoms with Gasteiger partial charge in [-0.25, -0.2) is 9.38 Å². The zero-order valence-corrected chi connectivity index (χ0v) is 16.4. The number of aliphatic imine (C=N–C) groups is 1. The molecule has 3 rings (SSSR count). The molecule has 0 saturated carbocycles. The van der Waals surface area contributed by atoms with E-state index in [4.69, 9.17) is 19.4 Å². The van der Waals surface area contributed by atoms with Crippen LogP contribution in [0.5, 0.6) is 0 Å². The Morgan fingerprint density at radius 2 is 1.83 bits per heavy atom. The zero-order valence-electron chi connectivity index (χ0n) is 12.6. The van der Waals surface area contributed by atoms with Crippen LogP contribution in [0.15, 0.2) is 29.3 Å².